The fraction of sp³-hybridized carbons (Fsp3) is 0.531. The third-order valence-electron chi connectivity index (χ3n) is 10.3. The van der Waals surface area contributed by atoms with Gasteiger partial charge in [0.25, 0.3) is 0 Å². The molecule has 0 bridgehead atoms. The number of piperidine rings is 1. The third-order valence-corrected chi connectivity index (χ3v) is 10.6. The summed E-state index contributed by atoms with van der Waals surface area (Å²) >= 11 is 6.51. The van der Waals surface area contributed by atoms with Gasteiger partial charge in [0, 0.05) is 30.0 Å². The lowest BCUT2D eigenvalue weighted by Crippen LogP contribution is -2.56. The standard InChI is InChI=1S/C32H35ClF2N6O3/c33-22-13-19(42)12-20(24(22)18-4-5-18)25-23(34)14-21-27(26(25)35)37-30(44-17-32-7-2-10-41(32)11-3-8-32)38-28(21)40-9-1-6-31(16-40)15-36-29(43)39-31/h12-14,18,42H,1-11,15-17H2,(H2,36,39,43). The van der Waals surface area contributed by atoms with Crippen LogP contribution in [0.5, 0.6) is 11.8 Å². The van der Waals surface area contributed by atoms with Crippen LogP contribution < -0.4 is 20.3 Å². The molecule has 9 nitrogen and oxygen atoms in total. The molecule has 5 heterocycles. The molecule has 4 aliphatic heterocycles. The van der Waals surface area contributed by atoms with Gasteiger partial charge in [-0.15, -0.1) is 0 Å². The van der Waals surface area contributed by atoms with Crippen LogP contribution in [0.25, 0.3) is 22.0 Å². The van der Waals surface area contributed by atoms with Crippen LogP contribution in [-0.4, -0.2) is 76.4 Å². The Morgan fingerprint density at radius 3 is 2.57 bits per heavy atom. The van der Waals surface area contributed by atoms with Gasteiger partial charge >= 0.3 is 12.0 Å². The van der Waals surface area contributed by atoms with E-state index < -0.39 is 17.2 Å². The zero-order valence-corrected chi connectivity index (χ0v) is 25.2. The summed E-state index contributed by atoms with van der Waals surface area (Å²) in [7, 11) is 0. The number of urea groups is 1. The Morgan fingerprint density at radius 1 is 1.07 bits per heavy atom. The number of ether oxygens (including phenoxy) is 1. The van der Waals surface area contributed by atoms with E-state index in [1.165, 1.54) is 18.2 Å². The number of fused-ring (bicyclic) bond motifs is 2. The second kappa shape index (κ2) is 10.3. The minimum absolute atomic E-state index is 0.0432. The van der Waals surface area contributed by atoms with Crippen molar-refractivity contribution in [1.29, 1.82) is 0 Å². The first kappa shape index (κ1) is 28.1. The van der Waals surface area contributed by atoms with Crippen molar-refractivity contribution in [1.82, 2.24) is 25.5 Å². The number of hydrogen-bond donors (Lipinski definition) is 3. The summed E-state index contributed by atoms with van der Waals surface area (Å²) in [6.07, 6.45) is 7.53. The van der Waals surface area contributed by atoms with E-state index in [4.69, 9.17) is 21.3 Å². The molecule has 1 saturated carbocycles. The SMILES string of the molecule is O=C1NCC2(CCCN(c3nc(OCC45CCCN4CCC5)nc4c(F)c(-c5cc(O)cc(Cl)c5C5CC5)c(F)cc34)C2)N1. The number of benzene rings is 2. The summed E-state index contributed by atoms with van der Waals surface area (Å²) < 4.78 is 39.2. The number of anilines is 1. The maximum Gasteiger partial charge on any atom is 0.319 e. The van der Waals surface area contributed by atoms with Crippen molar-refractivity contribution in [2.24, 2.45) is 0 Å². The predicted octanol–water partition coefficient (Wildman–Crippen LogP) is 5.47. The van der Waals surface area contributed by atoms with E-state index in [1.54, 1.807) is 0 Å². The van der Waals surface area contributed by atoms with Gasteiger partial charge in [-0.1, -0.05) is 11.6 Å². The maximum absolute atomic E-state index is 16.8. The van der Waals surface area contributed by atoms with Crippen molar-refractivity contribution in [3.05, 3.63) is 40.4 Å². The average Bonchev–Trinajstić information content (AvgIpc) is 3.46. The Balaban J connectivity index is 1.26. The summed E-state index contributed by atoms with van der Waals surface area (Å²) in [6, 6.07) is 3.90. The number of nitrogens with zero attached hydrogens (tertiary/aromatic N) is 4. The van der Waals surface area contributed by atoms with Gasteiger partial charge in [-0.25, -0.2) is 13.6 Å². The fourth-order valence-electron chi connectivity index (χ4n) is 8.11. The lowest BCUT2D eigenvalue weighted by Gasteiger charge is -2.40. The molecule has 4 saturated heterocycles. The molecule has 1 atom stereocenters. The minimum atomic E-state index is -0.846. The number of phenols is 1. The van der Waals surface area contributed by atoms with E-state index in [-0.39, 0.29) is 56.3 Å². The zero-order chi connectivity index (χ0) is 30.2. The second-order valence-corrected chi connectivity index (χ2v) is 13.7. The molecule has 1 unspecified atom stereocenters. The largest absolute Gasteiger partial charge is 0.508 e. The highest BCUT2D eigenvalue weighted by Crippen LogP contribution is 2.50. The zero-order valence-electron chi connectivity index (χ0n) is 24.4. The smallest absolute Gasteiger partial charge is 0.319 e. The van der Waals surface area contributed by atoms with E-state index in [2.05, 4.69) is 20.5 Å². The van der Waals surface area contributed by atoms with Crippen LogP contribution in [-0.2, 0) is 0 Å². The van der Waals surface area contributed by atoms with Crippen LogP contribution in [0.15, 0.2) is 18.2 Å². The van der Waals surface area contributed by atoms with Crippen molar-refractivity contribution in [3.8, 4) is 22.9 Å². The van der Waals surface area contributed by atoms with Gasteiger partial charge in [-0.05, 0) is 99.7 Å². The molecule has 2 aromatic carbocycles. The Kier molecular flexibility index (Phi) is 6.57. The van der Waals surface area contributed by atoms with E-state index in [0.717, 1.165) is 64.5 Å². The molecular weight excluding hydrogens is 590 g/mol. The molecule has 5 fully saturated rings. The fourth-order valence-corrected chi connectivity index (χ4v) is 8.48. The molecule has 0 radical (unpaired) electrons. The number of hydrogen-bond acceptors (Lipinski definition) is 7. The normalized spacial score (nSPS) is 24.6. The summed E-state index contributed by atoms with van der Waals surface area (Å²) in [5, 5.41) is 16.8. The van der Waals surface area contributed by atoms with Gasteiger partial charge in [0.1, 0.15) is 29.5 Å². The van der Waals surface area contributed by atoms with Crippen LogP contribution in [0, 0.1) is 11.6 Å². The van der Waals surface area contributed by atoms with Crippen LogP contribution in [0.2, 0.25) is 5.02 Å². The monoisotopic (exact) mass is 624 g/mol. The Morgan fingerprint density at radius 2 is 1.84 bits per heavy atom. The van der Waals surface area contributed by atoms with E-state index in [9.17, 15) is 9.90 Å². The van der Waals surface area contributed by atoms with Crippen molar-refractivity contribution in [3.63, 3.8) is 0 Å². The van der Waals surface area contributed by atoms with Crippen molar-refractivity contribution >= 4 is 34.4 Å². The first-order valence-corrected chi connectivity index (χ1v) is 16.0. The first-order valence-electron chi connectivity index (χ1n) is 15.7. The number of nitrogens with one attached hydrogen (secondary N) is 2. The second-order valence-electron chi connectivity index (χ2n) is 13.3. The summed E-state index contributed by atoms with van der Waals surface area (Å²) in [4.78, 5) is 25.9. The quantitative estimate of drug-likeness (QED) is 0.334. The highest BCUT2D eigenvalue weighted by atomic mass is 35.5. The number of phenolic OH excluding ortho intramolecular Hbond substituents is 1. The summed E-state index contributed by atoms with van der Waals surface area (Å²) in [5.74, 6) is -1.35. The Bertz CT molecular complexity index is 1680. The molecule has 3 aromatic rings. The van der Waals surface area contributed by atoms with E-state index in [0.29, 0.717) is 37.6 Å². The van der Waals surface area contributed by atoms with Crippen LogP contribution >= 0.6 is 11.6 Å². The van der Waals surface area contributed by atoms with Crippen LogP contribution in [0.1, 0.15) is 62.8 Å². The average molecular weight is 625 g/mol. The molecule has 1 aliphatic carbocycles. The maximum atomic E-state index is 16.8. The van der Waals surface area contributed by atoms with Gasteiger partial charge in [0.15, 0.2) is 5.82 Å². The van der Waals surface area contributed by atoms with E-state index in [1.807, 2.05) is 4.90 Å². The van der Waals surface area contributed by atoms with Crippen molar-refractivity contribution < 1.29 is 23.4 Å². The molecular formula is C32H35ClF2N6O3. The molecule has 12 heteroatoms. The predicted molar refractivity (Wildman–Crippen MR) is 163 cm³/mol. The van der Waals surface area contributed by atoms with E-state index >= 15 is 8.78 Å². The molecule has 5 aliphatic rings. The lowest BCUT2D eigenvalue weighted by molar-refractivity contribution is 0.108. The number of rotatable bonds is 6. The molecule has 44 heavy (non-hydrogen) atoms. The number of amides is 2. The molecule has 1 aromatic heterocycles. The molecule has 232 valence electrons. The molecule has 3 N–H and O–H groups in total. The van der Waals surface area contributed by atoms with Crippen molar-refractivity contribution in [2.45, 2.75) is 68.4 Å². The lowest BCUT2D eigenvalue weighted by atomic mass is 9.89. The number of carbonyl (C=O) groups excluding carboxylic acids is 1. The minimum Gasteiger partial charge on any atom is -0.508 e. The highest BCUT2D eigenvalue weighted by Gasteiger charge is 2.45. The number of aromatic hydroxyl groups is 1. The Hall–Kier alpha value is -3.44. The van der Waals surface area contributed by atoms with Crippen LogP contribution in [0.4, 0.5) is 19.4 Å². The van der Waals surface area contributed by atoms with Crippen LogP contribution in [0.3, 0.4) is 0 Å². The van der Waals surface area contributed by atoms with Gasteiger partial charge in [-0.2, -0.15) is 9.97 Å². The molecule has 8 rings (SSSR count). The van der Waals surface area contributed by atoms with Crippen molar-refractivity contribution in [2.75, 3.05) is 44.2 Å². The highest BCUT2D eigenvalue weighted by molar-refractivity contribution is 6.32. The van der Waals surface area contributed by atoms with Gasteiger partial charge < -0.3 is 25.4 Å². The van der Waals surface area contributed by atoms with Gasteiger partial charge in [0.05, 0.1) is 16.6 Å². The Labute approximate surface area is 258 Å². The number of aromatic nitrogens is 2. The number of halogens is 3. The van der Waals surface area contributed by atoms with Gasteiger partial charge in [0.2, 0.25) is 0 Å². The summed E-state index contributed by atoms with van der Waals surface area (Å²) in [6.45, 7) is 3.95. The topological polar surface area (TPSA) is 103 Å². The molecule has 1 spiro atoms. The number of carbonyl (C=O) groups is 1. The van der Waals surface area contributed by atoms with Gasteiger partial charge in [-0.3, -0.25) is 4.90 Å². The first-order chi connectivity index (χ1) is 21.2. The molecule has 2 amide bonds. The summed E-state index contributed by atoms with van der Waals surface area (Å²) in [5.41, 5.74) is -0.0293. The third kappa shape index (κ3) is 4.62.